The number of hydrogen-bond donors (Lipinski definition) is 1. The number of hydrogen-bond acceptors (Lipinski definition) is 1. The van der Waals surface area contributed by atoms with Crippen LogP contribution in [-0.4, -0.2) is 24.0 Å². The molecule has 4 heteroatoms. The lowest BCUT2D eigenvalue weighted by Crippen LogP contribution is -2.39. The molecule has 2 amide bonds. The van der Waals surface area contributed by atoms with Crippen LogP contribution in [-0.2, 0) is 0 Å². The molecule has 0 saturated heterocycles. The minimum Gasteiger partial charge on any atom is -0.325 e. The lowest BCUT2D eigenvalue weighted by atomic mass is 10.2. The second-order valence-corrected chi connectivity index (χ2v) is 5.06. The van der Waals surface area contributed by atoms with Crippen LogP contribution >= 0.6 is 11.6 Å². The summed E-state index contributed by atoms with van der Waals surface area (Å²) in [6.45, 7) is 2.10. The summed E-state index contributed by atoms with van der Waals surface area (Å²) < 4.78 is 0. The Morgan fingerprint density at radius 3 is 2.53 bits per heavy atom. The SMILES string of the molecule is CC(C1CC1)N(C)C(=O)Nc1ccc(Cl)cc1. The summed E-state index contributed by atoms with van der Waals surface area (Å²) in [5.74, 6) is 0.677. The first-order valence-corrected chi connectivity index (χ1v) is 6.25. The maximum atomic E-state index is 12.0. The summed E-state index contributed by atoms with van der Waals surface area (Å²) in [6.07, 6.45) is 2.47. The van der Waals surface area contributed by atoms with E-state index in [-0.39, 0.29) is 6.03 Å². The van der Waals surface area contributed by atoms with Gasteiger partial charge in [0.05, 0.1) is 0 Å². The molecule has 1 fully saturated rings. The molecule has 0 radical (unpaired) electrons. The second-order valence-electron chi connectivity index (χ2n) is 4.63. The molecule has 1 aromatic carbocycles. The van der Waals surface area contributed by atoms with Crippen LogP contribution in [0.2, 0.25) is 5.02 Å². The number of rotatable bonds is 3. The molecule has 1 aliphatic carbocycles. The maximum absolute atomic E-state index is 12.0. The van der Waals surface area contributed by atoms with Crippen molar-refractivity contribution >= 4 is 23.3 Å². The highest BCUT2D eigenvalue weighted by Gasteiger charge is 2.32. The van der Waals surface area contributed by atoms with E-state index in [9.17, 15) is 4.79 Å². The molecule has 0 aromatic heterocycles. The van der Waals surface area contributed by atoms with Gasteiger partial charge >= 0.3 is 6.03 Å². The minimum atomic E-state index is -0.0632. The number of halogens is 1. The van der Waals surface area contributed by atoms with Gasteiger partial charge in [-0.1, -0.05) is 11.6 Å². The summed E-state index contributed by atoms with van der Waals surface area (Å²) >= 11 is 5.79. The molecule has 0 spiro atoms. The Morgan fingerprint density at radius 1 is 1.41 bits per heavy atom. The first-order valence-electron chi connectivity index (χ1n) is 5.87. The standard InChI is InChI=1S/C13H17ClN2O/c1-9(10-3-4-10)16(2)13(17)15-12-7-5-11(14)6-8-12/h5-10H,3-4H2,1-2H3,(H,15,17). The fourth-order valence-corrected chi connectivity index (χ4v) is 1.95. The van der Waals surface area contributed by atoms with Crippen LogP contribution in [0.3, 0.4) is 0 Å². The van der Waals surface area contributed by atoms with Gasteiger partial charge in [-0.05, 0) is 49.9 Å². The Kier molecular flexibility index (Phi) is 3.57. The average molecular weight is 253 g/mol. The number of anilines is 1. The van der Waals surface area contributed by atoms with E-state index >= 15 is 0 Å². The van der Waals surface area contributed by atoms with Crippen LogP contribution < -0.4 is 5.32 Å². The quantitative estimate of drug-likeness (QED) is 0.876. The first kappa shape index (κ1) is 12.2. The molecule has 1 N–H and O–H groups in total. The van der Waals surface area contributed by atoms with Crippen LogP contribution in [0, 0.1) is 5.92 Å². The summed E-state index contributed by atoms with van der Waals surface area (Å²) in [4.78, 5) is 13.7. The van der Waals surface area contributed by atoms with E-state index in [2.05, 4.69) is 12.2 Å². The van der Waals surface area contributed by atoms with E-state index in [1.54, 1.807) is 29.2 Å². The third-order valence-corrected chi connectivity index (χ3v) is 3.58. The molecule has 0 heterocycles. The Bertz CT molecular complexity index is 400. The van der Waals surface area contributed by atoms with Gasteiger partial charge in [0.15, 0.2) is 0 Å². The van der Waals surface area contributed by atoms with E-state index in [4.69, 9.17) is 11.6 Å². The smallest absolute Gasteiger partial charge is 0.321 e. The van der Waals surface area contributed by atoms with Crippen molar-refractivity contribution in [2.75, 3.05) is 12.4 Å². The fourth-order valence-electron chi connectivity index (χ4n) is 1.82. The summed E-state index contributed by atoms with van der Waals surface area (Å²) in [5, 5.41) is 3.53. The molecule has 92 valence electrons. The molecule has 0 bridgehead atoms. The second kappa shape index (κ2) is 4.96. The van der Waals surface area contributed by atoms with Gasteiger partial charge in [-0.25, -0.2) is 4.79 Å². The molecular formula is C13H17ClN2O. The van der Waals surface area contributed by atoms with Crippen molar-refractivity contribution in [3.05, 3.63) is 29.3 Å². The van der Waals surface area contributed by atoms with E-state index in [0.29, 0.717) is 17.0 Å². The zero-order valence-electron chi connectivity index (χ0n) is 10.1. The van der Waals surface area contributed by atoms with Gasteiger partial charge in [-0.3, -0.25) is 0 Å². The number of urea groups is 1. The van der Waals surface area contributed by atoms with Crippen molar-refractivity contribution in [2.45, 2.75) is 25.8 Å². The Hall–Kier alpha value is -1.22. The number of benzene rings is 1. The largest absolute Gasteiger partial charge is 0.325 e. The molecule has 0 aliphatic heterocycles. The van der Waals surface area contributed by atoms with Gasteiger partial charge in [-0.2, -0.15) is 0 Å². The summed E-state index contributed by atoms with van der Waals surface area (Å²) in [6, 6.07) is 7.38. The van der Waals surface area contributed by atoms with Crippen LogP contribution in [0.25, 0.3) is 0 Å². The molecule has 1 atom stereocenters. The summed E-state index contributed by atoms with van der Waals surface area (Å²) in [7, 11) is 1.84. The van der Waals surface area contributed by atoms with Crippen molar-refractivity contribution in [1.29, 1.82) is 0 Å². The van der Waals surface area contributed by atoms with Crippen molar-refractivity contribution < 1.29 is 4.79 Å². The van der Waals surface area contributed by atoms with Crippen LogP contribution in [0.5, 0.6) is 0 Å². The number of nitrogens with zero attached hydrogens (tertiary/aromatic N) is 1. The zero-order valence-corrected chi connectivity index (χ0v) is 10.9. The first-order chi connectivity index (χ1) is 8.08. The molecule has 2 rings (SSSR count). The average Bonchev–Trinajstić information content (AvgIpc) is 3.14. The number of carbonyl (C=O) groups excluding carboxylic acids is 1. The zero-order chi connectivity index (χ0) is 12.4. The number of nitrogens with one attached hydrogen (secondary N) is 1. The molecule has 17 heavy (non-hydrogen) atoms. The Morgan fingerprint density at radius 2 is 2.00 bits per heavy atom. The monoisotopic (exact) mass is 252 g/mol. The van der Waals surface area contributed by atoms with E-state index < -0.39 is 0 Å². The molecular weight excluding hydrogens is 236 g/mol. The van der Waals surface area contributed by atoms with Crippen molar-refractivity contribution in [2.24, 2.45) is 5.92 Å². The van der Waals surface area contributed by atoms with Crippen molar-refractivity contribution in [3.8, 4) is 0 Å². The molecule has 1 saturated carbocycles. The van der Waals surface area contributed by atoms with E-state index in [1.807, 2.05) is 7.05 Å². The highest BCUT2D eigenvalue weighted by molar-refractivity contribution is 6.30. The highest BCUT2D eigenvalue weighted by atomic mass is 35.5. The minimum absolute atomic E-state index is 0.0632. The number of carbonyl (C=O) groups is 1. The van der Waals surface area contributed by atoms with Crippen molar-refractivity contribution in [1.82, 2.24) is 4.90 Å². The van der Waals surface area contributed by atoms with E-state index in [1.165, 1.54) is 12.8 Å². The van der Waals surface area contributed by atoms with Crippen LogP contribution in [0.15, 0.2) is 24.3 Å². The van der Waals surface area contributed by atoms with E-state index in [0.717, 1.165) is 5.69 Å². The summed E-state index contributed by atoms with van der Waals surface area (Å²) in [5.41, 5.74) is 0.772. The third-order valence-electron chi connectivity index (χ3n) is 3.33. The normalized spacial score (nSPS) is 16.4. The predicted molar refractivity (Wildman–Crippen MR) is 70.4 cm³/mol. The maximum Gasteiger partial charge on any atom is 0.321 e. The fraction of sp³-hybridized carbons (Fsp3) is 0.462. The molecule has 1 aliphatic rings. The Balaban J connectivity index is 1.93. The lowest BCUT2D eigenvalue weighted by Gasteiger charge is -2.25. The van der Waals surface area contributed by atoms with Gasteiger partial charge in [0, 0.05) is 23.8 Å². The van der Waals surface area contributed by atoms with Crippen LogP contribution in [0.4, 0.5) is 10.5 Å². The molecule has 3 nitrogen and oxygen atoms in total. The third kappa shape index (κ3) is 3.13. The van der Waals surface area contributed by atoms with Gasteiger partial charge in [0.25, 0.3) is 0 Å². The lowest BCUT2D eigenvalue weighted by molar-refractivity contribution is 0.201. The van der Waals surface area contributed by atoms with Crippen LogP contribution in [0.1, 0.15) is 19.8 Å². The van der Waals surface area contributed by atoms with Gasteiger partial charge in [0.1, 0.15) is 0 Å². The molecule has 1 unspecified atom stereocenters. The van der Waals surface area contributed by atoms with Gasteiger partial charge in [0.2, 0.25) is 0 Å². The van der Waals surface area contributed by atoms with Crippen molar-refractivity contribution in [3.63, 3.8) is 0 Å². The number of amides is 2. The van der Waals surface area contributed by atoms with Gasteiger partial charge in [-0.15, -0.1) is 0 Å². The topological polar surface area (TPSA) is 32.3 Å². The predicted octanol–water partition coefficient (Wildman–Crippen LogP) is 3.60. The Labute approximate surface area is 107 Å². The highest BCUT2D eigenvalue weighted by Crippen LogP contribution is 2.34. The molecule has 1 aromatic rings. The van der Waals surface area contributed by atoms with Gasteiger partial charge < -0.3 is 10.2 Å².